The molecular formula is C15H20N2O3. The van der Waals surface area contributed by atoms with Crippen LogP contribution < -0.4 is 10.5 Å². The van der Waals surface area contributed by atoms with Crippen LogP contribution in [0.15, 0.2) is 24.3 Å². The Morgan fingerprint density at radius 1 is 1.35 bits per heavy atom. The first-order chi connectivity index (χ1) is 9.60. The van der Waals surface area contributed by atoms with Gasteiger partial charge in [-0.15, -0.1) is 0 Å². The van der Waals surface area contributed by atoms with E-state index in [2.05, 4.69) is 0 Å². The van der Waals surface area contributed by atoms with Gasteiger partial charge in [-0.25, -0.2) is 0 Å². The van der Waals surface area contributed by atoms with Gasteiger partial charge in [-0.2, -0.15) is 0 Å². The smallest absolute Gasteiger partial charge is 0.227 e. The van der Waals surface area contributed by atoms with Crippen molar-refractivity contribution < 1.29 is 14.3 Å². The molecule has 1 fully saturated rings. The van der Waals surface area contributed by atoms with Gasteiger partial charge in [-0.3, -0.25) is 9.59 Å². The number of ether oxygens (including phenoxy) is 1. The number of rotatable bonds is 4. The summed E-state index contributed by atoms with van der Waals surface area (Å²) in [5.74, 6) is 0.296. The molecule has 2 rings (SSSR count). The molecule has 1 atom stereocenters. The number of hydrogen-bond donors (Lipinski definition) is 1. The second-order valence-corrected chi connectivity index (χ2v) is 5.11. The number of amides is 2. The number of nitrogens with zero attached hydrogens (tertiary/aromatic N) is 1. The Labute approximate surface area is 118 Å². The lowest BCUT2D eigenvalue weighted by molar-refractivity contribution is -0.134. The van der Waals surface area contributed by atoms with E-state index in [1.165, 1.54) is 0 Å². The van der Waals surface area contributed by atoms with E-state index in [9.17, 15) is 9.59 Å². The number of likely N-dealkylation sites (tertiary alicyclic amines) is 1. The topological polar surface area (TPSA) is 72.6 Å². The van der Waals surface area contributed by atoms with Crippen LogP contribution in [-0.2, 0) is 16.0 Å². The van der Waals surface area contributed by atoms with Gasteiger partial charge in [0.1, 0.15) is 5.75 Å². The van der Waals surface area contributed by atoms with E-state index < -0.39 is 0 Å². The maximum atomic E-state index is 12.2. The van der Waals surface area contributed by atoms with Gasteiger partial charge in [0.15, 0.2) is 0 Å². The van der Waals surface area contributed by atoms with E-state index in [-0.39, 0.29) is 17.7 Å². The number of piperidine rings is 1. The third-order valence-corrected chi connectivity index (χ3v) is 3.69. The van der Waals surface area contributed by atoms with E-state index in [0.29, 0.717) is 19.5 Å². The third kappa shape index (κ3) is 3.50. The van der Waals surface area contributed by atoms with Crippen molar-refractivity contribution in [3.8, 4) is 5.75 Å². The molecule has 1 aromatic carbocycles. The molecule has 108 valence electrons. The molecular weight excluding hydrogens is 256 g/mol. The predicted octanol–water partition coefficient (Wildman–Crippen LogP) is 0.962. The summed E-state index contributed by atoms with van der Waals surface area (Å²) in [5, 5.41) is 0. The Balaban J connectivity index is 1.95. The lowest BCUT2D eigenvalue weighted by Gasteiger charge is -2.31. The molecule has 20 heavy (non-hydrogen) atoms. The zero-order valence-electron chi connectivity index (χ0n) is 11.7. The Hall–Kier alpha value is -2.04. The molecule has 5 heteroatoms. The molecule has 1 aromatic rings. The minimum atomic E-state index is -0.313. The van der Waals surface area contributed by atoms with Gasteiger partial charge in [0.2, 0.25) is 11.8 Å². The van der Waals surface area contributed by atoms with E-state index in [1.54, 1.807) is 12.0 Å². The van der Waals surface area contributed by atoms with Crippen molar-refractivity contribution in [2.24, 2.45) is 11.7 Å². The molecule has 1 aliphatic heterocycles. The Bertz CT molecular complexity index is 484. The SMILES string of the molecule is COc1ccc(CC(=O)N2CCCC(C(N)=O)C2)cc1. The van der Waals surface area contributed by atoms with E-state index >= 15 is 0 Å². The molecule has 0 aliphatic carbocycles. The summed E-state index contributed by atoms with van der Waals surface area (Å²) in [5.41, 5.74) is 6.26. The van der Waals surface area contributed by atoms with Crippen molar-refractivity contribution in [1.29, 1.82) is 0 Å². The third-order valence-electron chi connectivity index (χ3n) is 3.69. The average Bonchev–Trinajstić information content (AvgIpc) is 2.48. The van der Waals surface area contributed by atoms with Gasteiger partial charge < -0.3 is 15.4 Å². The highest BCUT2D eigenvalue weighted by Gasteiger charge is 2.26. The van der Waals surface area contributed by atoms with Crippen molar-refractivity contribution >= 4 is 11.8 Å². The van der Waals surface area contributed by atoms with Crippen molar-refractivity contribution in [3.63, 3.8) is 0 Å². The fraction of sp³-hybridized carbons (Fsp3) is 0.467. The molecule has 1 unspecified atom stereocenters. The highest BCUT2D eigenvalue weighted by molar-refractivity contribution is 5.81. The second-order valence-electron chi connectivity index (χ2n) is 5.11. The number of hydrogen-bond acceptors (Lipinski definition) is 3. The Kier molecular flexibility index (Phi) is 4.61. The zero-order valence-corrected chi connectivity index (χ0v) is 11.7. The number of carbonyl (C=O) groups is 2. The van der Waals surface area contributed by atoms with Crippen LogP contribution in [0.25, 0.3) is 0 Å². The monoisotopic (exact) mass is 276 g/mol. The van der Waals surface area contributed by atoms with Gasteiger partial charge in [-0.05, 0) is 30.5 Å². The molecule has 2 amide bonds. The second kappa shape index (κ2) is 6.41. The summed E-state index contributed by atoms with van der Waals surface area (Å²) in [6, 6.07) is 7.44. The normalized spacial score (nSPS) is 18.6. The Morgan fingerprint density at radius 3 is 2.65 bits per heavy atom. The van der Waals surface area contributed by atoms with Crippen LogP contribution >= 0.6 is 0 Å². The molecule has 2 N–H and O–H groups in total. The highest BCUT2D eigenvalue weighted by Crippen LogP contribution is 2.18. The summed E-state index contributed by atoms with van der Waals surface area (Å²) in [6.45, 7) is 1.16. The first kappa shape index (κ1) is 14.4. The number of carbonyl (C=O) groups excluding carboxylic acids is 2. The molecule has 0 radical (unpaired) electrons. The highest BCUT2D eigenvalue weighted by atomic mass is 16.5. The van der Waals surface area contributed by atoms with Gasteiger partial charge >= 0.3 is 0 Å². The lowest BCUT2D eigenvalue weighted by atomic mass is 9.97. The van der Waals surface area contributed by atoms with E-state index in [1.807, 2.05) is 24.3 Å². The number of benzene rings is 1. The van der Waals surface area contributed by atoms with Gasteiger partial charge in [-0.1, -0.05) is 12.1 Å². The van der Waals surface area contributed by atoms with Crippen molar-refractivity contribution in [1.82, 2.24) is 4.90 Å². The fourth-order valence-corrected chi connectivity index (χ4v) is 2.47. The fourth-order valence-electron chi connectivity index (χ4n) is 2.47. The minimum absolute atomic E-state index is 0.0427. The molecule has 0 spiro atoms. The standard InChI is InChI=1S/C15H20N2O3/c1-20-13-6-4-11(5-7-13)9-14(18)17-8-2-3-12(10-17)15(16)19/h4-7,12H,2-3,8-10H2,1H3,(H2,16,19). The van der Waals surface area contributed by atoms with Crippen LogP contribution in [0, 0.1) is 5.92 Å². The summed E-state index contributed by atoms with van der Waals surface area (Å²) in [7, 11) is 1.61. The minimum Gasteiger partial charge on any atom is -0.497 e. The van der Waals surface area contributed by atoms with Crippen LogP contribution in [0.4, 0.5) is 0 Å². The number of primary amides is 1. The summed E-state index contributed by atoms with van der Waals surface area (Å²) < 4.78 is 5.08. The molecule has 5 nitrogen and oxygen atoms in total. The van der Waals surface area contributed by atoms with Crippen LogP contribution in [0.5, 0.6) is 5.75 Å². The molecule has 0 bridgehead atoms. The molecule has 1 aliphatic rings. The van der Waals surface area contributed by atoms with Gasteiger partial charge in [0.05, 0.1) is 19.4 Å². The number of nitrogens with two attached hydrogens (primary N) is 1. The predicted molar refractivity (Wildman–Crippen MR) is 75.2 cm³/mol. The number of methoxy groups -OCH3 is 1. The first-order valence-corrected chi connectivity index (χ1v) is 6.80. The maximum absolute atomic E-state index is 12.2. The van der Waals surface area contributed by atoms with Crippen molar-refractivity contribution in [3.05, 3.63) is 29.8 Å². The molecule has 0 aromatic heterocycles. The quantitative estimate of drug-likeness (QED) is 0.890. The van der Waals surface area contributed by atoms with Crippen LogP contribution in [0.1, 0.15) is 18.4 Å². The van der Waals surface area contributed by atoms with E-state index in [0.717, 1.165) is 24.2 Å². The van der Waals surface area contributed by atoms with Crippen LogP contribution in [0.3, 0.4) is 0 Å². The Morgan fingerprint density at radius 2 is 2.05 bits per heavy atom. The molecule has 1 saturated heterocycles. The largest absolute Gasteiger partial charge is 0.497 e. The van der Waals surface area contributed by atoms with Gasteiger partial charge in [0, 0.05) is 13.1 Å². The first-order valence-electron chi connectivity index (χ1n) is 6.80. The van der Waals surface area contributed by atoms with Crippen LogP contribution in [0.2, 0.25) is 0 Å². The summed E-state index contributed by atoms with van der Waals surface area (Å²) in [6.07, 6.45) is 1.96. The summed E-state index contributed by atoms with van der Waals surface area (Å²) >= 11 is 0. The zero-order chi connectivity index (χ0) is 14.5. The van der Waals surface area contributed by atoms with Crippen LogP contribution in [-0.4, -0.2) is 36.9 Å². The maximum Gasteiger partial charge on any atom is 0.227 e. The van der Waals surface area contributed by atoms with E-state index in [4.69, 9.17) is 10.5 Å². The molecule has 1 heterocycles. The van der Waals surface area contributed by atoms with Crippen molar-refractivity contribution in [2.45, 2.75) is 19.3 Å². The summed E-state index contributed by atoms with van der Waals surface area (Å²) in [4.78, 5) is 25.2. The lowest BCUT2D eigenvalue weighted by Crippen LogP contribution is -2.44. The van der Waals surface area contributed by atoms with Crippen molar-refractivity contribution in [2.75, 3.05) is 20.2 Å². The average molecular weight is 276 g/mol. The van der Waals surface area contributed by atoms with Gasteiger partial charge in [0.25, 0.3) is 0 Å². The molecule has 0 saturated carbocycles.